The molecule has 1 atom stereocenters. The molecule has 1 fully saturated rings. The van der Waals surface area contributed by atoms with E-state index >= 15 is 0 Å². The third-order valence-electron chi connectivity index (χ3n) is 3.49. The Morgan fingerprint density at radius 1 is 1.40 bits per heavy atom. The number of nitrogens with one attached hydrogen (secondary N) is 2. The molecule has 104 valence electrons. The van der Waals surface area contributed by atoms with Gasteiger partial charge in [0.05, 0.1) is 12.0 Å². The molecule has 1 aromatic heterocycles. The Morgan fingerprint density at radius 3 is 2.95 bits per heavy atom. The van der Waals surface area contributed by atoms with Crippen molar-refractivity contribution in [3.05, 3.63) is 40.3 Å². The maximum atomic E-state index is 12.2. The zero-order valence-corrected chi connectivity index (χ0v) is 10.9. The van der Waals surface area contributed by atoms with Gasteiger partial charge in [0.25, 0.3) is 11.5 Å². The van der Waals surface area contributed by atoms with Crippen LogP contribution in [0.5, 0.6) is 0 Å². The van der Waals surface area contributed by atoms with Crippen LogP contribution in [0.4, 0.5) is 0 Å². The molecule has 1 aliphatic heterocycles. The normalized spacial score (nSPS) is 18.3. The molecule has 1 aliphatic rings. The Hall–Kier alpha value is -2.21. The predicted molar refractivity (Wildman–Crippen MR) is 73.6 cm³/mol. The highest BCUT2D eigenvalue weighted by Gasteiger charge is 2.18. The molecule has 1 unspecified atom stereocenters. The zero-order chi connectivity index (χ0) is 13.9. The molecule has 2 heterocycles. The Morgan fingerprint density at radius 2 is 2.20 bits per heavy atom. The van der Waals surface area contributed by atoms with Crippen molar-refractivity contribution in [1.82, 2.24) is 15.5 Å². The molecular weight excluding hydrogens is 258 g/mol. The lowest BCUT2D eigenvalue weighted by molar-refractivity contribution is 0.0941. The summed E-state index contributed by atoms with van der Waals surface area (Å²) in [4.78, 5) is 23.8. The molecular formula is C14H15N3O3. The van der Waals surface area contributed by atoms with Crippen LogP contribution < -0.4 is 10.9 Å². The lowest BCUT2D eigenvalue weighted by Crippen LogP contribution is -2.31. The zero-order valence-electron chi connectivity index (χ0n) is 10.9. The molecule has 6 nitrogen and oxygen atoms in total. The Bertz CT molecular complexity index is 689. The van der Waals surface area contributed by atoms with Crippen molar-refractivity contribution in [3.8, 4) is 0 Å². The lowest BCUT2D eigenvalue weighted by atomic mass is 10.1. The van der Waals surface area contributed by atoms with Crippen LogP contribution in [-0.4, -0.2) is 35.9 Å². The number of carbonyl (C=O) groups excluding carboxylic acids is 1. The summed E-state index contributed by atoms with van der Waals surface area (Å²) in [5, 5.41) is 10.1. The first-order valence-corrected chi connectivity index (χ1v) is 6.59. The van der Waals surface area contributed by atoms with E-state index in [2.05, 4.69) is 15.5 Å². The van der Waals surface area contributed by atoms with E-state index in [0.29, 0.717) is 29.8 Å². The number of benzene rings is 1. The summed E-state index contributed by atoms with van der Waals surface area (Å²) in [5.74, 6) is 0.0809. The summed E-state index contributed by atoms with van der Waals surface area (Å²) in [6.45, 7) is 1.99. The van der Waals surface area contributed by atoms with Crippen molar-refractivity contribution in [3.63, 3.8) is 0 Å². The van der Waals surface area contributed by atoms with Gasteiger partial charge in [-0.3, -0.25) is 9.59 Å². The highest BCUT2D eigenvalue weighted by Crippen LogP contribution is 2.13. The fourth-order valence-corrected chi connectivity index (χ4v) is 2.35. The van der Waals surface area contributed by atoms with Gasteiger partial charge in [0.1, 0.15) is 0 Å². The molecule has 1 saturated heterocycles. The Balaban J connectivity index is 1.84. The van der Waals surface area contributed by atoms with Crippen LogP contribution in [0.3, 0.4) is 0 Å². The van der Waals surface area contributed by atoms with E-state index in [1.54, 1.807) is 24.3 Å². The number of ether oxygens (including phenoxy) is 1. The molecule has 1 amide bonds. The fraction of sp³-hybridized carbons (Fsp3) is 0.357. The molecule has 3 rings (SSSR count). The van der Waals surface area contributed by atoms with Gasteiger partial charge in [-0.1, -0.05) is 18.2 Å². The van der Waals surface area contributed by atoms with Gasteiger partial charge in [-0.05, 0) is 12.5 Å². The minimum Gasteiger partial charge on any atom is -0.381 e. The largest absolute Gasteiger partial charge is 0.381 e. The van der Waals surface area contributed by atoms with Gasteiger partial charge in [0, 0.05) is 24.5 Å². The molecule has 2 aromatic rings. The van der Waals surface area contributed by atoms with Crippen LogP contribution in [-0.2, 0) is 4.74 Å². The number of fused-ring (bicyclic) bond motifs is 1. The molecule has 0 saturated carbocycles. The molecule has 0 bridgehead atoms. The number of amides is 1. The van der Waals surface area contributed by atoms with Crippen molar-refractivity contribution in [1.29, 1.82) is 0 Å². The average Bonchev–Trinajstić information content (AvgIpc) is 2.99. The monoisotopic (exact) mass is 273 g/mol. The van der Waals surface area contributed by atoms with Crippen LogP contribution in [0.1, 0.15) is 16.9 Å². The minimum atomic E-state index is -0.290. The molecule has 0 aliphatic carbocycles. The molecule has 0 spiro atoms. The van der Waals surface area contributed by atoms with Crippen molar-refractivity contribution in [2.45, 2.75) is 6.42 Å². The van der Waals surface area contributed by atoms with Gasteiger partial charge < -0.3 is 10.1 Å². The number of H-pyrrole nitrogens is 1. The topological polar surface area (TPSA) is 84.1 Å². The van der Waals surface area contributed by atoms with Gasteiger partial charge in [0.2, 0.25) is 0 Å². The predicted octanol–water partition coefficient (Wildman–Crippen LogP) is 0.689. The molecule has 0 radical (unpaired) electrons. The summed E-state index contributed by atoms with van der Waals surface area (Å²) in [6, 6.07) is 6.95. The Kier molecular flexibility index (Phi) is 3.47. The number of aromatic amines is 1. The first kappa shape index (κ1) is 12.8. The number of carbonyl (C=O) groups is 1. The average molecular weight is 273 g/mol. The summed E-state index contributed by atoms with van der Waals surface area (Å²) < 4.78 is 5.27. The van der Waals surface area contributed by atoms with Crippen LogP contribution in [0.2, 0.25) is 0 Å². The summed E-state index contributed by atoms with van der Waals surface area (Å²) >= 11 is 0. The summed E-state index contributed by atoms with van der Waals surface area (Å²) in [5.41, 5.74) is -0.0412. The standard InChI is InChI=1S/C14H15N3O3/c18-13-11-4-2-1-3-10(11)12(16-17-13)14(19)15-7-9-5-6-20-8-9/h1-4,9H,5-8H2,(H,15,19)(H,17,18). The first-order chi connectivity index (χ1) is 9.75. The molecule has 20 heavy (non-hydrogen) atoms. The number of nitrogens with zero attached hydrogens (tertiary/aromatic N) is 1. The maximum Gasteiger partial charge on any atom is 0.272 e. The van der Waals surface area contributed by atoms with Crippen LogP contribution in [0.15, 0.2) is 29.1 Å². The van der Waals surface area contributed by atoms with Crippen LogP contribution in [0, 0.1) is 5.92 Å². The first-order valence-electron chi connectivity index (χ1n) is 6.59. The number of rotatable bonds is 3. The van der Waals surface area contributed by atoms with Gasteiger partial charge in [-0.15, -0.1) is 0 Å². The molecule has 1 aromatic carbocycles. The number of aromatic nitrogens is 2. The van der Waals surface area contributed by atoms with E-state index in [-0.39, 0.29) is 17.2 Å². The third-order valence-corrected chi connectivity index (χ3v) is 3.49. The maximum absolute atomic E-state index is 12.2. The summed E-state index contributed by atoms with van der Waals surface area (Å²) in [7, 11) is 0. The Labute approximate surface area is 115 Å². The molecule has 2 N–H and O–H groups in total. The highest BCUT2D eigenvalue weighted by atomic mass is 16.5. The van der Waals surface area contributed by atoms with E-state index in [1.165, 1.54) is 0 Å². The molecule has 6 heteroatoms. The van der Waals surface area contributed by atoms with Gasteiger partial charge in [0.15, 0.2) is 5.69 Å². The van der Waals surface area contributed by atoms with Gasteiger partial charge >= 0.3 is 0 Å². The highest BCUT2D eigenvalue weighted by molar-refractivity contribution is 6.04. The van der Waals surface area contributed by atoms with E-state index in [1.807, 2.05) is 0 Å². The van der Waals surface area contributed by atoms with Crippen molar-refractivity contribution < 1.29 is 9.53 Å². The van der Waals surface area contributed by atoms with Crippen molar-refractivity contribution >= 4 is 16.7 Å². The number of hydrogen-bond donors (Lipinski definition) is 2. The van der Waals surface area contributed by atoms with Gasteiger partial charge in [-0.25, -0.2) is 5.10 Å². The minimum absolute atomic E-state index is 0.249. The van der Waals surface area contributed by atoms with E-state index < -0.39 is 0 Å². The number of hydrogen-bond acceptors (Lipinski definition) is 4. The summed E-state index contributed by atoms with van der Waals surface area (Å²) in [6.07, 6.45) is 0.958. The van der Waals surface area contributed by atoms with E-state index in [9.17, 15) is 9.59 Å². The van der Waals surface area contributed by atoms with Crippen molar-refractivity contribution in [2.24, 2.45) is 5.92 Å². The van der Waals surface area contributed by atoms with Gasteiger partial charge in [-0.2, -0.15) is 5.10 Å². The SMILES string of the molecule is O=C(NCC1CCOC1)c1n[nH]c(=O)c2ccccc12. The quantitative estimate of drug-likeness (QED) is 0.861. The van der Waals surface area contributed by atoms with E-state index in [4.69, 9.17) is 4.74 Å². The fourth-order valence-electron chi connectivity index (χ4n) is 2.35. The second-order valence-electron chi connectivity index (χ2n) is 4.89. The van der Waals surface area contributed by atoms with E-state index in [0.717, 1.165) is 13.0 Å². The second-order valence-corrected chi connectivity index (χ2v) is 4.89. The van der Waals surface area contributed by atoms with Crippen molar-refractivity contribution in [2.75, 3.05) is 19.8 Å². The third kappa shape index (κ3) is 2.42. The lowest BCUT2D eigenvalue weighted by Gasteiger charge is -2.10. The smallest absolute Gasteiger partial charge is 0.272 e. The van der Waals surface area contributed by atoms with Crippen LogP contribution >= 0.6 is 0 Å². The van der Waals surface area contributed by atoms with Crippen LogP contribution in [0.25, 0.3) is 10.8 Å². The second kappa shape index (κ2) is 5.42.